The molecule has 0 saturated carbocycles. The SMILES string of the molecule is CCc1nc(C)nc(CC#N)c1C. The van der Waals surface area contributed by atoms with Gasteiger partial charge in [-0.15, -0.1) is 0 Å². The molecule has 0 fully saturated rings. The highest BCUT2D eigenvalue weighted by atomic mass is 14.9. The monoisotopic (exact) mass is 175 g/mol. The van der Waals surface area contributed by atoms with Crippen LogP contribution in [-0.4, -0.2) is 9.97 Å². The van der Waals surface area contributed by atoms with E-state index >= 15 is 0 Å². The predicted molar refractivity (Wildman–Crippen MR) is 50.2 cm³/mol. The second-order valence-corrected chi connectivity index (χ2v) is 2.98. The molecule has 0 N–H and O–H groups in total. The molecular formula is C10H13N3. The van der Waals surface area contributed by atoms with Crippen molar-refractivity contribution in [1.82, 2.24) is 9.97 Å². The number of nitriles is 1. The molecule has 13 heavy (non-hydrogen) atoms. The van der Waals surface area contributed by atoms with Gasteiger partial charge in [0.25, 0.3) is 0 Å². The Hall–Kier alpha value is -1.43. The van der Waals surface area contributed by atoms with E-state index in [2.05, 4.69) is 23.0 Å². The van der Waals surface area contributed by atoms with Crippen molar-refractivity contribution >= 4 is 0 Å². The van der Waals surface area contributed by atoms with Crippen LogP contribution in [0.1, 0.15) is 29.7 Å². The van der Waals surface area contributed by atoms with Crippen LogP contribution >= 0.6 is 0 Å². The van der Waals surface area contributed by atoms with Gasteiger partial charge in [0.2, 0.25) is 0 Å². The second-order valence-electron chi connectivity index (χ2n) is 2.98. The van der Waals surface area contributed by atoms with Gasteiger partial charge in [0, 0.05) is 5.69 Å². The molecule has 0 bridgehead atoms. The summed E-state index contributed by atoms with van der Waals surface area (Å²) in [6.45, 7) is 5.90. The summed E-state index contributed by atoms with van der Waals surface area (Å²) in [6, 6.07) is 2.11. The van der Waals surface area contributed by atoms with Gasteiger partial charge in [-0.05, 0) is 25.8 Å². The van der Waals surface area contributed by atoms with Crippen molar-refractivity contribution < 1.29 is 0 Å². The topological polar surface area (TPSA) is 49.6 Å². The summed E-state index contributed by atoms with van der Waals surface area (Å²) in [7, 11) is 0. The number of rotatable bonds is 2. The van der Waals surface area contributed by atoms with E-state index in [0.717, 1.165) is 29.2 Å². The summed E-state index contributed by atoms with van der Waals surface area (Å²) < 4.78 is 0. The first-order valence-electron chi connectivity index (χ1n) is 4.39. The molecule has 0 amide bonds. The average Bonchev–Trinajstić information content (AvgIpc) is 2.11. The average molecular weight is 175 g/mol. The highest BCUT2D eigenvalue weighted by Gasteiger charge is 2.06. The Morgan fingerprint density at radius 3 is 2.38 bits per heavy atom. The standard InChI is InChI=1S/C10H13N3/c1-4-9-7(2)10(5-6-11)13-8(3)12-9/h4-5H2,1-3H3. The highest BCUT2D eigenvalue weighted by Crippen LogP contribution is 2.11. The van der Waals surface area contributed by atoms with Gasteiger partial charge in [-0.1, -0.05) is 6.92 Å². The third-order valence-electron chi connectivity index (χ3n) is 2.04. The van der Waals surface area contributed by atoms with E-state index in [1.165, 1.54) is 0 Å². The first kappa shape index (κ1) is 9.66. The molecule has 68 valence electrons. The molecule has 0 atom stereocenters. The van der Waals surface area contributed by atoms with Crippen molar-refractivity contribution in [1.29, 1.82) is 5.26 Å². The highest BCUT2D eigenvalue weighted by molar-refractivity contribution is 5.26. The Bertz CT molecular complexity index is 350. The van der Waals surface area contributed by atoms with Gasteiger partial charge in [0.05, 0.1) is 18.2 Å². The third-order valence-corrected chi connectivity index (χ3v) is 2.04. The number of nitrogens with zero attached hydrogens (tertiary/aromatic N) is 3. The van der Waals surface area contributed by atoms with E-state index in [9.17, 15) is 0 Å². The minimum absolute atomic E-state index is 0.377. The molecule has 0 spiro atoms. The minimum atomic E-state index is 0.377. The lowest BCUT2D eigenvalue weighted by Crippen LogP contribution is -2.04. The fourth-order valence-corrected chi connectivity index (χ4v) is 1.34. The molecule has 0 radical (unpaired) electrons. The van der Waals surface area contributed by atoms with E-state index in [-0.39, 0.29) is 0 Å². The molecule has 0 unspecified atom stereocenters. The zero-order valence-corrected chi connectivity index (χ0v) is 8.26. The summed E-state index contributed by atoms with van der Waals surface area (Å²) in [5.74, 6) is 0.757. The van der Waals surface area contributed by atoms with Gasteiger partial charge < -0.3 is 0 Å². The van der Waals surface area contributed by atoms with Crippen LogP contribution in [0.2, 0.25) is 0 Å². The molecule has 1 aromatic rings. The summed E-state index contributed by atoms with van der Waals surface area (Å²) >= 11 is 0. The number of hydrogen-bond acceptors (Lipinski definition) is 3. The Balaban J connectivity index is 3.20. The van der Waals surface area contributed by atoms with Gasteiger partial charge in [-0.2, -0.15) is 5.26 Å². The fourth-order valence-electron chi connectivity index (χ4n) is 1.34. The zero-order valence-electron chi connectivity index (χ0n) is 8.26. The van der Waals surface area contributed by atoms with Crippen LogP contribution in [0.15, 0.2) is 0 Å². The van der Waals surface area contributed by atoms with Gasteiger partial charge in [-0.25, -0.2) is 9.97 Å². The second kappa shape index (κ2) is 3.99. The van der Waals surface area contributed by atoms with E-state index in [1.807, 2.05) is 13.8 Å². The van der Waals surface area contributed by atoms with Crippen molar-refractivity contribution in [3.8, 4) is 6.07 Å². The summed E-state index contributed by atoms with van der Waals surface area (Å²) in [6.07, 6.45) is 1.27. The predicted octanol–water partition coefficient (Wildman–Crippen LogP) is 1.72. The van der Waals surface area contributed by atoms with Crippen LogP contribution in [0.25, 0.3) is 0 Å². The van der Waals surface area contributed by atoms with Crippen molar-refractivity contribution in [3.05, 3.63) is 22.8 Å². The molecule has 0 aliphatic heterocycles. The van der Waals surface area contributed by atoms with E-state index in [4.69, 9.17) is 5.26 Å². The fraction of sp³-hybridized carbons (Fsp3) is 0.500. The van der Waals surface area contributed by atoms with Crippen molar-refractivity contribution in [2.24, 2.45) is 0 Å². The molecule has 1 heterocycles. The number of aromatic nitrogens is 2. The van der Waals surface area contributed by atoms with Crippen molar-refractivity contribution in [2.45, 2.75) is 33.6 Å². The lowest BCUT2D eigenvalue weighted by molar-refractivity contribution is 0.886. The third kappa shape index (κ3) is 2.03. The van der Waals surface area contributed by atoms with Gasteiger partial charge in [-0.3, -0.25) is 0 Å². The lowest BCUT2D eigenvalue weighted by atomic mass is 10.1. The Morgan fingerprint density at radius 2 is 1.85 bits per heavy atom. The van der Waals surface area contributed by atoms with Crippen LogP contribution in [0.4, 0.5) is 0 Å². The minimum Gasteiger partial charge on any atom is -0.238 e. The normalized spacial score (nSPS) is 9.69. The molecule has 0 aliphatic carbocycles. The molecule has 3 heteroatoms. The molecule has 1 aromatic heterocycles. The molecule has 3 nitrogen and oxygen atoms in total. The smallest absolute Gasteiger partial charge is 0.125 e. The van der Waals surface area contributed by atoms with Gasteiger partial charge >= 0.3 is 0 Å². The van der Waals surface area contributed by atoms with E-state index in [0.29, 0.717) is 6.42 Å². The van der Waals surface area contributed by atoms with E-state index in [1.54, 1.807) is 0 Å². The van der Waals surface area contributed by atoms with Crippen LogP contribution in [0.5, 0.6) is 0 Å². The quantitative estimate of drug-likeness (QED) is 0.687. The first-order chi connectivity index (χ1) is 6.19. The number of hydrogen-bond donors (Lipinski definition) is 0. The molecule has 0 aliphatic rings. The largest absolute Gasteiger partial charge is 0.238 e. The lowest BCUT2D eigenvalue weighted by Gasteiger charge is -2.06. The first-order valence-corrected chi connectivity index (χ1v) is 4.39. The van der Waals surface area contributed by atoms with E-state index < -0.39 is 0 Å². The maximum Gasteiger partial charge on any atom is 0.125 e. The van der Waals surface area contributed by atoms with Crippen LogP contribution in [-0.2, 0) is 12.8 Å². The van der Waals surface area contributed by atoms with Crippen molar-refractivity contribution in [3.63, 3.8) is 0 Å². The van der Waals surface area contributed by atoms with Crippen LogP contribution in [0.3, 0.4) is 0 Å². The Labute approximate surface area is 78.5 Å². The maximum absolute atomic E-state index is 8.59. The van der Waals surface area contributed by atoms with Gasteiger partial charge in [0.15, 0.2) is 0 Å². The summed E-state index contributed by atoms with van der Waals surface area (Å²) in [5, 5.41) is 8.59. The number of aryl methyl sites for hydroxylation is 2. The van der Waals surface area contributed by atoms with Gasteiger partial charge in [0.1, 0.15) is 5.82 Å². The molecular weight excluding hydrogens is 162 g/mol. The molecule has 1 rings (SSSR count). The summed E-state index contributed by atoms with van der Waals surface area (Å²) in [5.41, 5.74) is 2.99. The van der Waals surface area contributed by atoms with Crippen LogP contribution < -0.4 is 0 Å². The van der Waals surface area contributed by atoms with Crippen LogP contribution in [0, 0.1) is 25.2 Å². The molecule has 0 aromatic carbocycles. The zero-order chi connectivity index (χ0) is 9.84. The maximum atomic E-state index is 8.59. The molecule has 0 saturated heterocycles. The van der Waals surface area contributed by atoms with Crippen molar-refractivity contribution in [2.75, 3.05) is 0 Å². The Morgan fingerprint density at radius 1 is 1.23 bits per heavy atom. The summed E-state index contributed by atoms with van der Waals surface area (Å²) in [4.78, 5) is 8.55. The Kier molecular flexibility index (Phi) is 2.97.